The molecule has 3 aromatic rings. The Morgan fingerprint density at radius 1 is 1.31 bits per heavy atom. The van der Waals surface area contributed by atoms with Crippen molar-refractivity contribution in [3.63, 3.8) is 0 Å². The monoisotopic (exact) mass is 367 g/mol. The molecule has 0 saturated heterocycles. The number of carbonyl (C=O) groups excluding carboxylic acids is 1. The summed E-state index contributed by atoms with van der Waals surface area (Å²) in [5, 5.41) is 10.3. The quantitative estimate of drug-likeness (QED) is 0.721. The molecule has 0 aromatic carbocycles. The third-order valence-corrected chi connectivity index (χ3v) is 3.83. The van der Waals surface area contributed by atoms with Crippen LogP contribution in [0.25, 0.3) is 5.78 Å². The molecule has 3 heterocycles. The van der Waals surface area contributed by atoms with Crippen LogP contribution in [-0.2, 0) is 6.18 Å². The fourth-order valence-electron chi connectivity index (χ4n) is 2.48. The molecule has 0 aliphatic rings. The summed E-state index contributed by atoms with van der Waals surface area (Å²) in [5.74, 6) is -0.183. The zero-order chi connectivity index (χ0) is 18.7. The minimum absolute atomic E-state index is 0.0183. The zero-order valence-electron chi connectivity index (χ0n) is 13.8. The number of nitrogens with zero attached hydrogens (tertiary/aromatic N) is 6. The van der Waals surface area contributed by atoms with Gasteiger partial charge in [-0.15, -0.1) is 5.10 Å². The first-order chi connectivity index (χ1) is 12.4. The van der Waals surface area contributed by atoms with Gasteiger partial charge in [0.1, 0.15) is 0 Å². The number of nitrogens with one attached hydrogen (secondary N) is 1. The Balaban J connectivity index is 1.58. The molecule has 1 amide bonds. The number of halogens is 3. The molecule has 26 heavy (non-hydrogen) atoms. The van der Waals surface area contributed by atoms with Crippen molar-refractivity contribution in [1.29, 1.82) is 0 Å². The maximum atomic E-state index is 12.6. The van der Waals surface area contributed by atoms with Gasteiger partial charge in [0.05, 0.1) is 6.04 Å². The third-order valence-electron chi connectivity index (χ3n) is 3.83. The van der Waals surface area contributed by atoms with Crippen LogP contribution >= 0.6 is 0 Å². The van der Waals surface area contributed by atoms with Crippen molar-refractivity contribution in [3.8, 4) is 0 Å². The summed E-state index contributed by atoms with van der Waals surface area (Å²) in [7, 11) is 0. The van der Waals surface area contributed by atoms with E-state index < -0.39 is 17.8 Å². The summed E-state index contributed by atoms with van der Waals surface area (Å²) < 4.78 is 40.6. The molecule has 11 heteroatoms. The molecule has 1 atom stereocenters. The third kappa shape index (κ3) is 3.81. The number of hydrogen-bond donors (Lipinski definition) is 1. The Morgan fingerprint density at radius 3 is 2.77 bits per heavy atom. The van der Waals surface area contributed by atoms with Crippen LogP contribution in [0.5, 0.6) is 0 Å². The lowest BCUT2D eigenvalue weighted by Crippen LogP contribution is -2.27. The molecule has 138 valence electrons. The molecule has 0 unspecified atom stereocenters. The molecule has 8 nitrogen and oxygen atoms in total. The normalized spacial score (nSPS) is 13.1. The Morgan fingerprint density at radius 2 is 2.12 bits per heavy atom. The van der Waals surface area contributed by atoms with E-state index in [1.54, 1.807) is 12.3 Å². The van der Waals surface area contributed by atoms with E-state index in [1.165, 1.54) is 21.6 Å². The van der Waals surface area contributed by atoms with Crippen LogP contribution in [0.3, 0.4) is 0 Å². The number of carbonyl (C=O) groups is 1. The van der Waals surface area contributed by atoms with E-state index in [0.717, 1.165) is 6.07 Å². The van der Waals surface area contributed by atoms with E-state index in [2.05, 4.69) is 25.5 Å². The molecule has 0 aliphatic carbocycles. The molecule has 1 N–H and O–H groups in total. The zero-order valence-corrected chi connectivity index (χ0v) is 13.8. The summed E-state index contributed by atoms with van der Waals surface area (Å²) in [6, 6.07) is 2.34. The Labute approximate surface area is 146 Å². The van der Waals surface area contributed by atoms with Crippen LogP contribution in [0.4, 0.5) is 13.2 Å². The topological polar surface area (TPSA) is 90.0 Å². The van der Waals surface area contributed by atoms with E-state index in [0.29, 0.717) is 18.6 Å². The van der Waals surface area contributed by atoms with Crippen molar-refractivity contribution < 1.29 is 18.0 Å². The van der Waals surface area contributed by atoms with Crippen LogP contribution in [0.1, 0.15) is 42.1 Å². The van der Waals surface area contributed by atoms with Crippen molar-refractivity contribution in [2.45, 2.75) is 32.0 Å². The van der Waals surface area contributed by atoms with Gasteiger partial charge in [0.25, 0.3) is 11.7 Å². The van der Waals surface area contributed by atoms with Gasteiger partial charge in [-0.25, -0.2) is 9.50 Å². The van der Waals surface area contributed by atoms with Gasteiger partial charge < -0.3 is 5.32 Å². The molecular formula is C15H16F3N7O. The summed E-state index contributed by atoms with van der Waals surface area (Å²) in [6.07, 6.45) is 0.985. The first kappa shape index (κ1) is 17.8. The number of fused-ring (bicyclic) bond motifs is 1. The number of amides is 1. The molecular weight excluding hydrogens is 351 g/mol. The summed E-state index contributed by atoms with van der Waals surface area (Å²) in [6.45, 7) is 2.10. The van der Waals surface area contributed by atoms with Gasteiger partial charge in [-0.3, -0.25) is 9.48 Å². The SMILES string of the molecule is CC[C@@H](CCNC(=O)c1nc2ncccn2n1)n1ccc(C(F)(F)F)n1. The summed E-state index contributed by atoms with van der Waals surface area (Å²) in [4.78, 5) is 20.1. The van der Waals surface area contributed by atoms with Gasteiger partial charge in [0, 0.05) is 25.1 Å². The lowest BCUT2D eigenvalue weighted by molar-refractivity contribution is -0.141. The summed E-state index contributed by atoms with van der Waals surface area (Å²) >= 11 is 0. The van der Waals surface area contributed by atoms with Crippen LogP contribution in [-0.4, -0.2) is 41.8 Å². The second-order valence-corrected chi connectivity index (χ2v) is 5.59. The highest BCUT2D eigenvalue weighted by Crippen LogP contribution is 2.28. The number of alkyl halides is 3. The van der Waals surface area contributed by atoms with E-state index in [4.69, 9.17) is 0 Å². The number of aromatic nitrogens is 6. The minimum Gasteiger partial charge on any atom is -0.349 e. The molecule has 0 spiro atoms. The van der Waals surface area contributed by atoms with Crippen molar-refractivity contribution in [1.82, 2.24) is 34.7 Å². The maximum absolute atomic E-state index is 12.6. The van der Waals surface area contributed by atoms with Gasteiger partial charge in [0.2, 0.25) is 5.82 Å². The molecule has 0 saturated carbocycles. The molecule has 0 aliphatic heterocycles. The second kappa shape index (κ2) is 7.10. The summed E-state index contributed by atoms with van der Waals surface area (Å²) in [5.41, 5.74) is -0.929. The standard InChI is InChI=1S/C15H16F3N7O/c1-2-10(24-9-5-11(22-24)15(16,17)18)4-7-19-13(26)12-21-14-20-6-3-8-25(14)23-12/h3,5-6,8-10H,2,4,7H2,1H3,(H,19,26)/t10-/m0/s1. The van der Waals surface area contributed by atoms with Crippen LogP contribution in [0.15, 0.2) is 30.7 Å². The molecule has 0 radical (unpaired) electrons. The minimum atomic E-state index is -4.47. The van der Waals surface area contributed by atoms with Crippen molar-refractivity contribution in [2.75, 3.05) is 6.54 Å². The van der Waals surface area contributed by atoms with Crippen LogP contribution < -0.4 is 5.32 Å². The van der Waals surface area contributed by atoms with Crippen LogP contribution in [0, 0.1) is 0 Å². The fraction of sp³-hybridized carbons (Fsp3) is 0.400. The predicted octanol–water partition coefficient (Wildman–Crippen LogP) is 2.11. The smallest absolute Gasteiger partial charge is 0.349 e. The van der Waals surface area contributed by atoms with Gasteiger partial charge in [0.15, 0.2) is 5.69 Å². The number of rotatable bonds is 6. The van der Waals surface area contributed by atoms with Gasteiger partial charge in [-0.05, 0) is 25.0 Å². The highest BCUT2D eigenvalue weighted by atomic mass is 19.4. The van der Waals surface area contributed by atoms with E-state index in [1.807, 2.05) is 6.92 Å². The Hall–Kier alpha value is -2.98. The molecule has 0 fully saturated rings. The maximum Gasteiger partial charge on any atom is 0.435 e. The second-order valence-electron chi connectivity index (χ2n) is 5.59. The van der Waals surface area contributed by atoms with E-state index in [-0.39, 0.29) is 18.4 Å². The average molecular weight is 367 g/mol. The Kier molecular flexibility index (Phi) is 4.87. The lowest BCUT2D eigenvalue weighted by Gasteiger charge is -2.15. The van der Waals surface area contributed by atoms with E-state index in [9.17, 15) is 18.0 Å². The first-order valence-corrected chi connectivity index (χ1v) is 7.96. The van der Waals surface area contributed by atoms with Crippen LogP contribution in [0.2, 0.25) is 0 Å². The first-order valence-electron chi connectivity index (χ1n) is 7.96. The van der Waals surface area contributed by atoms with Gasteiger partial charge in [-0.1, -0.05) is 6.92 Å². The largest absolute Gasteiger partial charge is 0.435 e. The highest BCUT2D eigenvalue weighted by molar-refractivity contribution is 5.90. The van der Waals surface area contributed by atoms with Gasteiger partial charge >= 0.3 is 6.18 Å². The fourth-order valence-corrected chi connectivity index (χ4v) is 2.48. The van der Waals surface area contributed by atoms with E-state index >= 15 is 0 Å². The average Bonchev–Trinajstić information content (AvgIpc) is 3.25. The van der Waals surface area contributed by atoms with Gasteiger partial charge in [-0.2, -0.15) is 23.3 Å². The van der Waals surface area contributed by atoms with Crippen molar-refractivity contribution in [3.05, 3.63) is 42.2 Å². The molecule has 3 aromatic heterocycles. The van der Waals surface area contributed by atoms with Crippen molar-refractivity contribution in [2.24, 2.45) is 0 Å². The van der Waals surface area contributed by atoms with Crippen molar-refractivity contribution >= 4 is 11.7 Å². The molecule has 3 rings (SSSR count). The number of hydrogen-bond acceptors (Lipinski definition) is 5. The lowest BCUT2D eigenvalue weighted by atomic mass is 10.1. The molecule has 0 bridgehead atoms. The Bertz CT molecular complexity index is 869. The highest BCUT2D eigenvalue weighted by Gasteiger charge is 2.34. The predicted molar refractivity (Wildman–Crippen MR) is 84.3 cm³/mol.